The van der Waals surface area contributed by atoms with E-state index < -0.39 is 29.4 Å². The third kappa shape index (κ3) is 13.0. The maximum Gasteiger partial charge on any atom is 0.416 e. The number of hydrogen-bond donors (Lipinski definition) is 2. The van der Waals surface area contributed by atoms with E-state index in [2.05, 4.69) is 35.2 Å². The number of carbonyl (C=O) groups is 3. The number of alkyl halides is 6. The van der Waals surface area contributed by atoms with Crippen LogP contribution in [0, 0.1) is 0 Å². The van der Waals surface area contributed by atoms with Crippen molar-refractivity contribution < 1.29 is 55.8 Å². The zero-order chi connectivity index (χ0) is 52.3. The molecule has 0 fully saturated rings. The second-order valence-electron chi connectivity index (χ2n) is 16.9. The highest BCUT2D eigenvalue weighted by atomic mass is 35.5. The predicted octanol–water partition coefficient (Wildman–Crippen LogP) is 9.88. The SMILES string of the molecule is CC(C)c1c(C(=O)O)cnc2cc(Cl)nn12.CC(C)c1c(CC(=O)Cc2cc(C(F)(F)F)cc[n+]2O)cnc2cc(Cl)nn12.CC(C)c1c(CC(=O)Cc2cc(C(F)(F)F)ccn2)cnc2cc(Cl)nn12. The van der Waals surface area contributed by atoms with E-state index in [0.717, 1.165) is 48.0 Å². The first kappa shape index (κ1) is 53.6. The van der Waals surface area contributed by atoms with Crippen LogP contribution in [0.1, 0.15) is 120 Å². The van der Waals surface area contributed by atoms with Gasteiger partial charge in [0.15, 0.2) is 32.4 Å². The van der Waals surface area contributed by atoms with Crippen LogP contribution in [0.3, 0.4) is 0 Å². The van der Waals surface area contributed by atoms with Crippen molar-refractivity contribution in [2.24, 2.45) is 0 Å². The van der Waals surface area contributed by atoms with Gasteiger partial charge in [0.2, 0.25) is 11.9 Å². The summed E-state index contributed by atoms with van der Waals surface area (Å²) < 4.78 is 82.2. The van der Waals surface area contributed by atoms with Crippen LogP contribution < -0.4 is 4.73 Å². The van der Waals surface area contributed by atoms with E-state index in [0.29, 0.717) is 48.8 Å². The fraction of sp³-hybridized carbons (Fsp3) is 0.326. The van der Waals surface area contributed by atoms with Crippen molar-refractivity contribution in [3.8, 4) is 0 Å². The molecule has 0 atom stereocenters. The Labute approximate surface area is 414 Å². The summed E-state index contributed by atoms with van der Waals surface area (Å²) in [6, 6.07) is 8.08. The lowest BCUT2D eigenvalue weighted by atomic mass is 9.99. The summed E-state index contributed by atoms with van der Waals surface area (Å²) in [5, 5.41) is 32.1. The summed E-state index contributed by atoms with van der Waals surface area (Å²) in [7, 11) is 0. The Morgan fingerprint density at radius 3 is 1.45 bits per heavy atom. The zero-order valence-electron chi connectivity index (χ0n) is 38.4. The zero-order valence-corrected chi connectivity index (χ0v) is 40.7. The van der Waals surface area contributed by atoms with Crippen molar-refractivity contribution in [2.45, 2.75) is 97.3 Å². The molecule has 16 nitrogen and oxygen atoms in total. The molecule has 374 valence electrons. The summed E-state index contributed by atoms with van der Waals surface area (Å²) >= 11 is 17.6. The van der Waals surface area contributed by atoms with Gasteiger partial charge in [-0.1, -0.05) is 76.3 Å². The molecule has 0 amide bonds. The monoisotopic (exact) mass is 1050 g/mol. The molecule has 0 bridgehead atoms. The van der Waals surface area contributed by atoms with Gasteiger partial charge in [-0.05, 0) is 41.0 Å². The molecular formula is C46H43Cl3F6N11O5+. The van der Waals surface area contributed by atoms with Crippen LogP contribution in [0.4, 0.5) is 26.3 Å². The lowest BCUT2D eigenvalue weighted by Gasteiger charge is -2.14. The molecule has 8 aromatic heterocycles. The van der Waals surface area contributed by atoms with Crippen molar-refractivity contribution >= 4 is 69.3 Å². The molecule has 25 heteroatoms. The van der Waals surface area contributed by atoms with Crippen LogP contribution in [-0.4, -0.2) is 76.6 Å². The minimum Gasteiger partial charge on any atom is -0.478 e. The number of halogens is 9. The van der Waals surface area contributed by atoms with Gasteiger partial charge in [0.25, 0.3) is 0 Å². The molecule has 0 radical (unpaired) electrons. The Kier molecular flexibility index (Phi) is 16.4. The van der Waals surface area contributed by atoms with Crippen molar-refractivity contribution in [2.75, 3.05) is 0 Å². The Hall–Kier alpha value is -6.78. The fourth-order valence-electron chi connectivity index (χ4n) is 7.62. The number of pyridine rings is 2. The molecule has 8 aromatic rings. The van der Waals surface area contributed by atoms with Crippen molar-refractivity contribution in [1.82, 2.24) is 48.8 Å². The molecule has 0 saturated carbocycles. The number of carboxylic acid groups (broad SMARTS) is 1. The van der Waals surface area contributed by atoms with Gasteiger partial charge in [-0.2, -0.15) is 41.6 Å². The van der Waals surface area contributed by atoms with Gasteiger partial charge in [0.1, 0.15) is 11.6 Å². The van der Waals surface area contributed by atoms with E-state index in [-0.39, 0.29) is 77.1 Å². The van der Waals surface area contributed by atoms with Gasteiger partial charge in [-0.25, -0.2) is 33.3 Å². The number of carbonyl (C=O) groups excluding carboxylic acids is 2. The molecular weight excluding hydrogens is 1010 g/mol. The standard InChI is InChI=1S/C18H17ClF3N4O2.C18H16ClF3N4O.C10H10ClN3O2/c1-10(2)17-11(9-23-16-8-15(19)24-26(16)17)5-14(27)7-13-6-12(18(20,21)22)3-4-25(13)28;1-10(2)17-11(9-24-16-8-15(19)25-26(16)17)5-14(27)7-13-6-12(3-4-23-13)18(20,21)22;1-5(2)9-6(10(15)16)4-12-8-3-7(11)13-14(8)9/h3-4,6,8-10,28H,5,7H2,1-2H3;3-4,6,8-10H,5,7H2,1-2H3;3-5H,1-2H3,(H,15,16)/q+1;;. The molecule has 0 aliphatic heterocycles. The molecule has 0 unspecified atom stereocenters. The predicted molar refractivity (Wildman–Crippen MR) is 246 cm³/mol. The summed E-state index contributed by atoms with van der Waals surface area (Å²) in [5.41, 5.74) is 3.39. The van der Waals surface area contributed by atoms with Gasteiger partial charge in [-0.3, -0.25) is 19.8 Å². The Bertz CT molecular complexity index is 3280. The number of fused-ring (bicyclic) bond motifs is 3. The lowest BCUT2D eigenvalue weighted by Crippen LogP contribution is -2.37. The van der Waals surface area contributed by atoms with Crippen LogP contribution in [0.25, 0.3) is 16.9 Å². The maximum atomic E-state index is 12.9. The minimum absolute atomic E-state index is 0.000557. The molecule has 71 heavy (non-hydrogen) atoms. The van der Waals surface area contributed by atoms with Gasteiger partial charge < -0.3 is 5.11 Å². The molecule has 0 aromatic carbocycles. The first-order valence-corrected chi connectivity index (χ1v) is 22.5. The maximum absolute atomic E-state index is 12.9. The van der Waals surface area contributed by atoms with E-state index in [1.54, 1.807) is 39.6 Å². The van der Waals surface area contributed by atoms with E-state index in [4.69, 9.17) is 39.9 Å². The van der Waals surface area contributed by atoms with Crippen molar-refractivity contribution in [3.63, 3.8) is 0 Å². The number of aromatic carboxylic acids is 1. The number of carboxylic acids is 1. The summed E-state index contributed by atoms with van der Waals surface area (Å²) in [5.74, 6) is -1.58. The third-order valence-corrected chi connectivity index (χ3v) is 11.1. The molecule has 2 N–H and O–H groups in total. The van der Waals surface area contributed by atoms with Crippen LogP contribution in [0.2, 0.25) is 15.5 Å². The number of Topliss-reactive ketones (excluding diaryl/α,β-unsaturated/α-hetero) is 2. The number of ketones is 2. The summed E-state index contributed by atoms with van der Waals surface area (Å²) in [6.45, 7) is 11.5. The molecule has 0 spiro atoms. The summed E-state index contributed by atoms with van der Waals surface area (Å²) in [6.07, 6.45) is -3.25. The van der Waals surface area contributed by atoms with Crippen LogP contribution in [0.15, 0.2) is 73.4 Å². The average Bonchev–Trinajstić information content (AvgIpc) is 3.97. The second-order valence-corrected chi connectivity index (χ2v) is 18.1. The fourth-order valence-corrected chi connectivity index (χ4v) is 8.14. The number of nitrogens with zero attached hydrogens (tertiary/aromatic N) is 11. The molecule has 0 saturated heterocycles. The van der Waals surface area contributed by atoms with E-state index in [1.165, 1.54) is 10.7 Å². The smallest absolute Gasteiger partial charge is 0.416 e. The molecule has 8 heterocycles. The van der Waals surface area contributed by atoms with Crippen molar-refractivity contribution in [1.29, 1.82) is 0 Å². The Morgan fingerprint density at radius 2 is 1.01 bits per heavy atom. The average molecular weight is 1050 g/mol. The molecule has 0 aliphatic carbocycles. The van der Waals surface area contributed by atoms with Crippen molar-refractivity contribution in [3.05, 3.63) is 145 Å². The summed E-state index contributed by atoms with van der Waals surface area (Å²) in [4.78, 5) is 52.4. The molecule has 0 aliphatic rings. The number of rotatable bonds is 12. The van der Waals surface area contributed by atoms with E-state index in [9.17, 15) is 45.9 Å². The van der Waals surface area contributed by atoms with Crippen LogP contribution >= 0.6 is 34.8 Å². The third-order valence-electron chi connectivity index (χ3n) is 10.5. The quantitative estimate of drug-likeness (QED) is 0.0668. The lowest BCUT2D eigenvalue weighted by molar-refractivity contribution is -0.909. The number of hydrogen-bond acceptors (Lipinski definition) is 11. The normalized spacial score (nSPS) is 11.9. The highest BCUT2D eigenvalue weighted by molar-refractivity contribution is 6.30. The van der Waals surface area contributed by atoms with Gasteiger partial charge in [0.05, 0.1) is 40.2 Å². The van der Waals surface area contributed by atoms with Crippen LogP contribution in [0.5, 0.6) is 0 Å². The van der Waals surface area contributed by atoms with Gasteiger partial charge in [-0.15, -0.1) is 0 Å². The molecule has 8 rings (SSSR count). The second kappa shape index (κ2) is 21.7. The highest BCUT2D eigenvalue weighted by Crippen LogP contribution is 2.31. The first-order valence-electron chi connectivity index (χ1n) is 21.4. The Balaban J connectivity index is 0.000000181. The first-order chi connectivity index (χ1) is 33.2. The van der Waals surface area contributed by atoms with E-state index in [1.807, 2.05) is 41.5 Å². The largest absolute Gasteiger partial charge is 0.478 e. The van der Waals surface area contributed by atoms with E-state index >= 15 is 0 Å². The Morgan fingerprint density at radius 1 is 0.592 bits per heavy atom. The van der Waals surface area contributed by atoms with Gasteiger partial charge >= 0.3 is 18.3 Å². The van der Waals surface area contributed by atoms with Crippen LogP contribution in [-0.2, 0) is 47.6 Å². The minimum atomic E-state index is -4.56. The topological polar surface area (TPSA) is 199 Å². The number of aromatic nitrogens is 11. The van der Waals surface area contributed by atoms with Gasteiger partial charge in [0, 0.05) is 84.8 Å². The highest BCUT2D eigenvalue weighted by Gasteiger charge is 2.34.